The molecule has 0 aliphatic carbocycles. The van der Waals surface area contributed by atoms with Crippen molar-refractivity contribution >= 4 is 11.6 Å². The summed E-state index contributed by atoms with van der Waals surface area (Å²) in [5, 5.41) is 8.55. The molecule has 1 aromatic rings. The number of hydrogen-bond donors (Lipinski definition) is 0. The van der Waals surface area contributed by atoms with Crippen LogP contribution in [0, 0.1) is 11.3 Å². The average Bonchev–Trinajstić information content (AvgIpc) is 2.02. The lowest BCUT2D eigenvalue weighted by molar-refractivity contribution is 0.0175. The molecule has 4 heteroatoms. The van der Waals surface area contributed by atoms with Gasteiger partial charge in [-0.15, -0.1) is 0 Å². The van der Waals surface area contributed by atoms with Crippen LogP contribution in [0.2, 0.25) is 5.02 Å². The highest BCUT2D eigenvalue weighted by molar-refractivity contribution is 6.31. The van der Waals surface area contributed by atoms with E-state index in [2.05, 4.69) is 0 Å². The zero-order valence-electron chi connectivity index (χ0n) is 6.81. The highest BCUT2D eigenvalue weighted by atomic mass is 35.5. The maximum Gasteiger partial charge on any atom is 0.270 e. The van der Waals surface area contributed by atoms with Crippen molar-refractivity contribution in [1.29, 1.82) is 5.26 Å². The van der Waals surface area contributed by atoms with Crippen LogP contribution in [0.1, 0.15) is 18.1 Å². The van der Waals surface area contributed by atoms with E-state index in [4.69, 9.17) is 16.9 Å². The molecule has 0 bridgehead atoms. The molecular weight excluding hydrogens is 196 g/mol. The van der Waals surface area contributed by atoms with Crippen molar-refractivity contribution in [2.24, 2.45) is 0 Å². The Morgan fingerprint density at radius 1 is 1.46 bits per heavy atom. The normalized spacial score (nSPS) is 11.0. The number of hydrogen-bond acceptors (Lipinski definition) is 1. The molecule has 0 saturated heterocycles. The monoisotopic (exact) mass is 201 g/mol. The molecule has 13 heavy (non-hydrogen) atoms. The summed E-state index contributed by atoms with van der Waals surface area (Å²) in [7, 11) is 0. The van der Waals surface area contributed by atoms with Crippen molar-refractivity contribution in [3.8, 4) is 6.07 Å². The number of benzene rings is 1. The summed E-state index contributed by atoms with van der Waals surface area (Å²) in [5.74, 6) is -2.92. The van der Waals surface area contributed by atoms with Crippen molar-refractivity contribution in [3.05, 3.63) is 34.3 Å². The largest absolute Gasteiger partial charge is 0.270 e. The third-order valence-corrected chi connectivity index (χ3v) is 1.91. The first-order valence-electron chi connectivity index (χ1n) is 3.53. The zero-order chi connectivity index (χ0) is 10.1. The Kier molecular flexibility index (Phi) is 2.53. The Balaban J connectivity index is 3.20. The van der Waals surface area contributed by atoms with Crippen LogP contribution in [0.5, 0.6) is 0 Å². The van der Waals surface area contributed by atoms with Gasteiger partial charge in [-0.05, 0) is 12.1 Å². The Hall–Kier alpha value is -1.14. The van der Waals surface area contributed by atoms with E-state index in [9.17, 15) is 8.78 Å². The van der Waals surface area contributed by atoms with E-state index < -0.39 is 5.92 Å². The summed E-state index contributed by atoms with van der Waals surface area (Å²) in [5.41, 5.74) is 0.0196. The zero-order valence-corrected chi connectivity index (χ0v) is 7.57. The third-order valence-electron chi connectivity index (χ3n) is 1.60. The number of nitrogens with zero attached hydrogens (tertiary/aromatic N) is 1. The van der Waals surface area contributed by atoms with Crippen LogP contribution >= 0.6 is 11.6 Å². The van der Waals surface area contributed by atoms with Gasteiger partial charge in [-0.25, -0.2) is 8.78 Å². The van der Waals surface area contributed by atoms with Crippen LogP contribution in [0.25, 0.3) is 0 Å². The summed E-state index contributed by atoms with van der Waals surface area (Å²) >= 11 is 5.58. The molecule has 0 N–H and O–H groups in total. The van der Waals surface area contributed by atoms with Crippen LogP contribution in [-0.2, 0) is 5.92 Å². The molecule has 0 spiro atoms. The minimum atomic E-state index is -2.92. The number of alkyl halides is 2. The SMILES string of the molecule is CC(F)(F)c1ccc(C#N)c(Cl)c1. The van der Waals surface area contributed by atoms with Crippen molar-refractivity contribution in [1.82, 2.24) is 0 Å². The third kappa shape index (κ3) is 2.16. The Bertz CT molecular complexity index is 363. The molecule has 0 aliphatic heterocycles. The molecule has 0 atom stereocenters. The van der Waals surface area contributed by atoms with Gasteiger partial charge in [-0.2, -0.15) is 5.26 Å². The lowest BCUT2D eigenvalue weighted by Gasteiger charge is -2.10. The minimum absolute atomic E-state index is 0.0570. The summed E-state index contributed by atoms with van der Waals surface area (Å²) in [6.07, 6.45) is 0. The van der Waals surface area contributed by atoms with E-state index in [1.165, 1.54) is 12.1 Å². The minimum Gasteiger partial charge on any atom is -0.202 e. The van der Waals surface area contributed by atoms with E-state index in [0.29, 0.717) is 0 Å². The fourth-order valence-corrected chi connectivity index (χ4v) is 1.10. The second kappa shape index (κ2) is 3.31. The van der Waals surface area contributed by atoms with Gasteiger partial charge in [0.15, 0.2) is 0 Å². The first-order valence-corrected chi connectivity index (χ1v) is 3.91. The van der Waals surface area contributed by atoms with Crippen molar-refractivity contribution in [2.75, 3.05) is 0 Å². The molecule has 0 saturated carbocycles. The molecule has 0 aromatic heterocycles. The Morgan fingerprint density at radius 2 is 2.08 bits per heavy atom. The van der Waals surface area contributed by atoms with Gasteiger partial charge in [-0.3, -0.25) is 0 Å². The van der Waals surface area contributed by atoms with E-state index in [1.54, 1.807) is 6.07 Å². The fraction of sp³-hybridized carbons (Fsp3) is 0.222. The Morgan fingerprint density at radius 3 is 2.46 bits per heavy atom. The quantitative estimate of drug-likeness (QED) is 0.684. The summed E-state index contributed by atoms with van der Waals surface area (Å²) in [6, 6.07) is 5.39. The molecule has 0 radical (unpaired) electrons. The second-order valence-electron chi connectivity index (χ2n) is 2.69. The lowest BCUT2D eigenvalue weighted by Crippen LogP contribution is -2.06. The van der Waals surface area contributed by atoms with Crippen LogP contribution in [0.4, 0.5) is 8.78 Å². The predicted octanol–water partition coefficient (Wildman–Crippen LogP) is 3.32. The van der Waals surface area contributed by atoms with Crippen molar-refractivity contribution in [3.63, 3.8) is 0 Å². The maximum atomic E-state index is 12.7. The molecule has 0 unspecified atom stereocenters. The average molecular weight is 202 g/mol. The first kappa shape index (κ1) is 9.94. The number of nitriles is 1. The van der Waals surface area contributed by atoms with Gasteiger partial charge in [0, 0.05) is 12.5 Å². The smallest absolute Gasteiger partial charge is 0.202 e. The van der Waals surface area contributed by atoms with Crippen LogP contribution in [0.3, 0.4) is 0 Å². The molecule has 0 fully saturated rings. The first-order chi connectivity index (χ1) is 5.95. The van der Waals surface area contributed by atoms with Crippen LogP contribution < -0.4 is 0 Å². The number of halogens is 3. The molecule has 0 heterocycles. The number of rotatable bonds is 1. The van der Waals surface area contributed by atoms with E-state index >= 15 is 0 Å². The topological polar surface area (TPSA) is 23.8 Å². The fourth-order valence-electron chi connectivity index (χ4n) is 0.879. The second-order valence-corrected chi connectivity index (χ2v) is 3.10. The van der Waals surface area contributed by atoms with E-state index in [1.807, 2.05) is 0 Å². The molecule has 1 aromatic carbocycles. The highest BCUT2D eigenvalue weighted by Gasteiger charge is 2.24. The van der Waals surface area contributed by atoms with Gasteiger partial charge in [0.25, 0.3) is 5.92 Å². The molecule has 1 rings (SSSR count). The molecule has 1 nitrogen and oxygen atoms in total. The van der Waals surface area contributed by atoms with Crippen molar-refractivity contribution < 1.29 is 8.78 Å². The van der Waals surface area contributed by atoms with Gasteiger partial charge >= 0.3 is 0 Å². The predicted molar refractivity (Wildman–Crippen MR) is 45.7 cm³/mol. The van der Waals surface area contributed by atoms with E-state index in [0.717, 1.165) is 13.0 Å². The maximum absolute atomic E-state index is 12.7. The highest BCUT2D eigenvalue weighted by Crippen LogP contribution is 2.29. The summed E-state index contributed by atoms with van der Waals surface area (Å²) < 4.78 is 25.5. The van der Waals surface area contributed by atoms with Gasteiger partial charge in [-0.1, -0.05) is 17.7 Å². The van der Waals surface area contributed by atoms with Gasteiger partial charge in [0.05, 0.1) is 10.6 Å². The van der Waals surface area contributed by atoms with Crippen LogP contribution in [-0.4, -0.2) is 0 Å². The summed E-state index contributed by atoms with van der Waals surface area (Å²) in [6.45, 7) is 0.782. The van der Waals surface area contributed by atoms with E-state index in [-0.39, 0.29) is 16.1 Å². The van der Waals surface area contributed by atoms with Crippen molar-refractivity contribution in [2.45, 2.75) is 12.8 Å². The Labute approximate surface area is 79.6 Å². The summed E-state index contributed by atoms with van der Waals surface area (Å²) in [4.78, 5) is 0. The molecule has 0 aliphatic rings. The molecule has 68 valence electrons. The van der Waals surface area contributed by atoms with Gasteiger partial charge in [0.1, 0.15) is 6.07 Å². The van der Waals surface area contributed by atoms with Crippen LogP contribution in [0.15, 0.2) is 18.2 Å². The lowest BCUT2D eigenvalue weighted by atomic mass is 10.1. The standard InChI is InChI=1S/C9H6ClF2N/c1-9(11,12)7-3-2-6(5-13)8(10)4-7/h2-4H,1H3. The molecule has 0 amide bonds. The molecular formula is C9H6ClF2N. The van der Waals surface area contributed by atoms with Gasteiger partial charge in [0.2, 0.25) is 0 Å². The van der Waals surface area contributed by atoms with Gasteiger partial charge < -0.3 is 0 Å².